The van der Waals surface area contributed by atoms with E-state index >= 15 is 0 Å². The highest BCUT2D eigenvalue weighted by Crippen LogP contribution is 2.29. The molecule has 0 saturated heterocycles. The van der Waals surface area contributed by atoms with Crippen molar-refractivity contribution in [3.8, 4) is 11.1 Å². The van der Waals surface area contributed by atoms with Crippen LogP contribution in [0.2, 0.25) is 0 Å². The molecule has 30 heavy (non-hydrogen) atoms. The summed E-state index contributed by atoms with van der Waals surface area (Å²) < 4.78 is 1.35. The Hall–Kier alpha value is -3.38. The lowest BCUT2D eigenvalue weighted by molar-refractivity contribution is 0.780. The summed E-state index contributed by atoms with van der Waals surface area (Å²) in [5.74, 6) is 0.716. The molecule has 0 aliphatic carbocycles. The highest BCUT2D eigenvalue weighted by molar-refractivity contribution is 7.98. The molecule has 0 amide bonds. The predicted molar refractivity (Wildman–Crippen MR) is 122 cm³/mol. The van der Waals surface area contributed by atoms with Crippen LogP contribution >= 0.6 is 11.8 Å². The van der Waals surface area contributed by atoms with Crippen LogP contribution in [0.4, 0.5) is 0 Å². The molecule has 0 atom stereocenters. The van der Waals surface area contributed by atoms with Gasteiger partial charge in [0.2, 0.25) is 0 Å². The van der Waals surface area contributed by atoms with Crippen LogP contribution in [0.15, 0.2) is 76.7 Å². The second kappa shape index (κ2) is 7.46. The number of aromatic amines is 1. The van der Waals surface area contributed by atoms with E-state index < -0.39 is 0 Å². The number of rotatable bonds is 4. The van der Waals surface area contributed by atoms with Gasteiger partial charge in [-0.2, -0.15) is 9.61 Å². The summed E-state index contributed by atoms with van der Waals surface area (Å²) in [5, 5.41) is 7.43. The van der Waals surface area contributed by atoms with E-state index in [4.69, 9.17) is 4.98 Å². The summed E-state index contributed by atoms with van der Waals surface area (Å²) in [4.78, 5) is 20.3. The van der Waals surface area contributed by atoms with Crippen LogP contribution in [-0.2, 0) is 5.75 Å². The van der Waals surface area contributed by atoms with Crippen LogP contribution in [0.5, 0.6) is 0 Å². The van der Waals surface area contributed by atoms with E-state index in [9.17, 15) is 4.79 Å². The van der Waals surface area contributed by atoms with E-state index in [1.54, 1.807) is 0 Å². The number of hydrogen-bond acceptors (Lipinski definition) is 4. The first-order chi connectivity index (χ1) is 14.6. The molecule has 5 rings (SSSR count). The minimum Gasteiger partial charge on any atom is -0.285 e. The van der Waals surface area contributed by atoms with E-state index in [2.05, 4.69) is 59.5 Å². The van der Waals surface area contributed by atoms with Crippen LogP contribution in [0.1, 0.15) is 16.8 Å². The molecule has 6 heteroatoms. The number of aryl methyl sites for hydroxylation is 2. The summed E-state index contributed by atoms with van der Waals surface area (Å²) in [5.41, 5.74) is 5.40. The van der Waals surface area contributed by atoms with Crippen LogP contribution in [0.3, 0.4) is 0 Å². The maximum absolute atomic E-state index is 12.7. The summed E-state index contributed by atoms with van der Waals surface area (Å²) in [6.07, 6.45) is 0. The standard InChI is InChI=1S/C24H20N4OS/c1-15-10-12-18(13-11-15)21-16(2)27-28-22(21)25-23(26-24(28)29)30-14-19-8-5-7-17-6-3-4-9-20(17)19/h3-13H,14H2,1-2H3,(H,25,26,29). The number of nitrogens with one attached hydrogen (secondary N) is 1. The minimum atomic E-state index is -0.276. The Morgan fingerprint density at radius 1 is 0.967 bits per heavy atom. The zero-order chi connectivity index (χ0) is 20.7. The SMILES string of the molecule is Cc1ccc(-c2c(C)nn3c(=O)[nH]c(SCc4cccc5ccccc45)nc23)cc1. The lowest BCUT2D eigenvalue weighted by Crippen LogP contribution is -2.19. The molecule has 0 aliphatic heterocycles. The monoisotopic (exact) mass is 412 g/mol. The summed E-state index contributed by atoms with van der Waals surface area (Å²) in [6.45, 7) is 3.96. The van der Waals surface area contributed by atoms with Crippen LogP contribution in [0, 0.1) is 13.8 Å². The fraction of sp³-hybridized carbons (Fsp3) is 0.125. The predicted octanol–water partition coefficient (Wildman–Crippen LogP) is 5.15. The second-order valence-electron chi connectivity index (χ2n) is 7.34. The molecule has 2 aromatic heterocycles. The lowest BCUT2D eigenvalue weighted by atomic mass is 10.0. The van der Waals surface area contributed by atoms with Crippen molar-refractivity contribution in [2.45, 2.75) is 24.8 Å². The molecule has 0 saturated carbocycles. The molecular formula is C24H20N4OS. The molecule has 0 bridgehead atoms. The number of aromatic nitrogens is 4. The number of fused-ring (bicyclic) bond motifs is 2. The van der Waals surface area contributed by atoms with Crippen LogP contribution < -0.4 is 5.69 Å². The fourth-order valence-electron chi connectivity index (χ4n) is 3.72. The molecule has 0 radical (unpaired) electrons. The maximum atomic E-state index is 12.7. The van der Waals surface area contributed by atoms with Gasteiger partial charge >= 0.3 is 5.69 Å². The van der Waals surface area contributed by atoms with Crippen molar-refractivity contribution in [1.82, 2.24) is 19.6 Å². The van der Waals surface area contributed by atoms with Gasteiger partial charge in [0.05, 0.1) is 5.69 Å². The first-order valence-corrected chi connectivity index (χ1v) is 10.7. The van der Waals surface area contributed by atoms with E-state index in [1.807, 2.05) is 31.2 Å². The maximum Gasteiger partial charge on any atom is 0.350 e. The number of hydrogen-bond donors (Lipinski definition) is 1. The van der Waals surface area contributed by atoms with Crippen molar-refractivity contribution in [2.75, 3.05) is 0 Å². The van der Waals surface area contributed by atoms with Crippen molar-refractivity contribution in [3.63, 3.8) is 0 Å². The number of H-pyrrole nitrogens is 1. The average molecular weight is 413 g/mol. The van der Waals surface area contributed by atoms with Gasteiger partial charge in [-0.25, -0.2) is 9.78 Å². The first kappa shape index (κ1) is 18.6. The molecule has 0 fully saturated rings. The molecule has 0 spiro atoms. The zero-order valence-electron chi connectivity index (χ0n) is 16.7. The van der Waals surface area contributed by atoms with Crippen molar-refractivity contribution >= 4 is 28.2 Å². The number of benzene rings is 3. The van der Waals surface area contributed by atoms with Gasteiger partial charge in [-0.1, -0.05) is 84.1 Å². The highest BCUT2D eigenvalue weighted by atomic mass is 32.2. The largest absolute Gasteiger partial charge is 0.350 e. The smallest absolute Gasteiger partial charge is 0.285 e. The Labute approximate surface area is 177 Å². The Kier molecular flexibility index (Phi) is 4.64. The van der Waals surface area contributed by atoms with E-state index in [0.717, 1.165) is 16.8 Å². The van der Waals surface area contributed by atoms with E-state index in [-0.39, 0.29) is 5.69 Å². The van der Waals surface area contributed by atoms with Gasteiger partial charge in [0.25, 0.3) is 0 Å². The fourth-order valence-corrected chi connectivity index (χ4v) is 4.57. The van der Waals surface area contributed by atoms with E-state index in [1.165, 1.54) is 38.2 Å². The molecule has 1 N–H and O–H groups in total. The third kappa shape index (κ3) is 3.29. The van der Waals surface area contributed by atoms with Gasteiger partial charge in [-0.05, 0) is 35.7 Å². The van der Waals surface area contributed by atoms with E-state index in [0.29, 0.717) is 16.6 Å². The molecule has 2 heterocycles. The van der Waals surface area contributed by atoms with Gasteiger partial charge in [0.1, 0.15) is 0 Å². The average Bonchev–Trinajstić information content (AvgIpc) is 3.09. The molecule has 0 aliphatic rings. The second-order valence-corrected chi connectivity index (χ2v) is 8.30. The van der Waals surface area contributed by atoms with Gasteiger partial charge in [-0.3, -0.25) is 4.98 Å². The summed E-state index contributed by atoms with van der Waals surface area (Å²) >= 11 is 1.53. The van der Waals surface area contributed by atoms with Crippen molar-refractivity contribution < 1.29 is 0 Å². The summed E-state index contributed by atoms with van der Waals surface area (Å²) in [7, 11) is 0. The molecule has 0 unspecified atom stereocenters. The molecule has 3 aromatic carbocycles. The number of nitrogens with zero attached hydrogens (tertiary/aromatic N) is 3. The topological polar surface area (TPSA) is 63.1 Å². The minimum absolute atomic E-state index is 0.276. The Morgan fingerprint density at radius 3 is 2.57 bits per heavy atom. The zero-order valence-corrected chi connectivity index (χ0v) is 17.5. The van der Waals surface area contributed by atoms with Gasteiger partial charge in [0, 0.05) is 11.3 Å². The van der Waals surface area contributed by atoms with Crippen molar-refractivity contribution in [2.24, 2.45) is 0 Å². The van der Waals surface area contributed by atoms with Gasteiger partial charge < -0.3 is 0 Å². The Balaban J connectivity index is 1.55. The summed E-state index contributed by atoms with van der Waals surface area (Å²) in [6, 6.07) is 22.8. The normalized spacial score (nSPS) is 11.4. The third-order valence-electron chi connectivity index (χ3n) is 5.23. The lowest BCUT2D eigenvalue weighted by Gasteiger charge is -2.07. The van der Waals surface area contributed by atoms with Crippen LogP contribution in [0.25, 0.3) is 27.5 Å². The quantitative estimate of drug-likeness (QED) is 0.415. The molecule has 5 aromatic rings. The molecule has 5 nitrogen and oxygen atoms in total. The molecule has 148 valence electrons. The van der Waals surface area contributed by atoms with Crippen molar-refractivity contribution in [3.05, 3.63) is 94.0 Å². The van der Waals surface area contributed by atoms with Gasteiger partial charge in [-0.15, -0.1) is 0 Å². The highest BCUT2D eigenvalue weighted by Gasteiger charge is 2.16. The molecular weight excluding hydrogens is 392 g/mol. The first-order valence-electron chi connectivity index (χ1n) is 9.76. The Morgan fingerprint density at radius 2 is 1.73 bits per heavy atom. The third-order valence-corrected chi connectivity index (χ3v) is 6.16. The van der Waals surface area contributed by atoms with Gasteiger partial charge in [0.15, 0.2) is 10.8 Å². The van der Waals surface area contributed by atoms with Crippen LogP contribution in [-0.4, -0.2) is 19.6 Å². The number of thioether (sulfide) groups is 1. The Bertz CT molecular complexity index is 1430. The van der Waals surface area contributed by atoms with Crippen molar-refractivity contribution in [1.29, 1.82) is 0 Å².